The molecule has 6 heteroatoms. The molecule has 26 heavy (non-hydrogen) atoms. The van der Waals surface area contributed by atoms with Crippen LogP contribution in [0, 0.1) is 6.92 Å². The Kier molecular flexibility index (Phi) is 5.22. The maximum absolute atomic E-state index is 12.2. The summed E-state index contributed by atoms with van der Waals surface area (Å²) in [5.41, 5.74) is 2.01. The van der Waals surface area contributed by atoms with Crippen molar-refractivity contribution in [1.82, 2.24) is 9.38 Å². The summed E-state index contributed by atoms with van der Waals surface area (Å²) < 4.78 is 6.64. The number of Topliss-reactive ketones (excluding diaryl/α,β-unsaturated/α-hetero) is 1. The lowest BCUT2D eigenvalue weighted by Gasteiger charge is -2.07. The normalized spacial score (nSPS) is 10.7. The molecule has 0 saturated heterocycles. The van der Waals surface area contributed by atoms with Crippen molar-refractivity contribution in [1.29, 1.82) is 0 Å². The average molecular weight is 350 g/mol. The van der Waals surface area contributed by atoms with E-state index in [1.807, 2.05) is 25.1 Å². The largest absolute Gasteiger partial charge is 0.459 e. The summed E-state index contributed by atoms with van der Waals surface area (Å²) in [6, 6.07) is 15.5. The smallest absolute Gasteiger partial charge is 0.306 e. The van der Waals surface area contributed by atoms with Crippen molar-refractivity contribution in [2.75, 3.05) is 0 Å². The molecule has 6 nitrogen and oxygen atoms in total. The lowest BCUT2D eigenvalue weighted by molar-refractivity contribution is -0.145. The molecule has 0 amide bonds. The minimum atomic E-state index is -0.500. The molecule has 1 aromatic carbocycles. The zero-order valence-corrected chi connectivity index (χ0v) is 14.3. The summed E-state index contributed by atoms with van der Waals surface area (Å²) in [7, 11) is 0. The molecule has 132 valence electrons. The fraction of sp³-hybridized carbons (Fsp3) is 0.200. The van der Waals surface area contributed by atoms with E-state index in [2.05, 4.69) is 4.98 Å². The number of benzene rings is 1. The van der Waals surface area contributed by atoms with Gasteiger partial charge in [0.2, 0.25) is 0 Å². The zero-order chi connectivity index (χ0) is 18.5. The van der Waals surface area contributed by atoms with Crippen molar-refractivity contribution in [3.05, 3.63) is 81.9 Å². The third-order valence-electron chi connectivity index (χ3n) is 3.97. The number of ether oxygens (including phenoxy) is 1. The van der Waals surface area contributed by atoms with Gasteiger partial charge in [0.1, 0.15) is 12.3 Å². The molecule has 0 bridgehead atoms. The third-order valence-corrected chi connectivity index (χ3v) is 3.97. The van der Waals surface area contributed by atoms with E-state index in [1.54, 1.807) is 30.3 Å². The Bertz CT molecular complexity index is 1010. The quantitative estimate of drug-likeness (QED) is 0.504. The van der Waals surface area contributed by atoms with Crippen LogP contribution in [0.2, 0.25) is 0 Å². The van der Waals surface area contributed by atoms with Crippen molar-refractivity contribution >= 4 is 17.4 Å². The Morgan fingerprint density at radius 3 is 2.58 bits per heavy atom. The van der Waals surface area contributed by atoms with Gasteiger partial charge >= 0.3 is 5.97 Å². The SMILES string of the molecule is Cc1cccc2nc(COC(=O)CCC(=O)c3ccccc3)cc(=O)n12. The molecule has 0 saturated carbocycles. The van der Waals surface area contributed by atoms with Crippen molar-refractivity contribution in [2.24, 2.45) is 0 Å². The second kappa shape index (κ2) is 7.74. The van der Waals surface area contributed by atoms with E-state index in [0.717, 1.165) is 5.69 Å². The van der Waals surface area contributed by atoms with Crippen LogP contribution in [0.5, 0.6) is 0 Å². The Morgan fingerprint density at radius 2 is 1.81 bits per heavy atom. The van der Waals surface area contributed by atoms with E-state index in [9.17, 15) is 14.4 Å². The zero-order valence-electron chi connectivity index (χ0n) is 14.3. The molecule has 0 atom stereocenters. The number of hydrogen-bond donors (Lipinski definition) is 0. The minimum absolute atomic E-state index is 0.0145. The summed E-state index contributed by atoms with van der Waals surface area (Å²) in [5, 5.41) is 0. The van der Waals surface area contributed by atoms with Crippen LogP contribution in [0.15, 0.2) is 59.4 Å². The van der Waals surface area contributed by atoms with E-state index in [0.29, 0.717) is 16.9 Å². The number of nitrogens with zero attached hydrogens (tertiary/aromatic N) is 2. The molecule has 0 spiro atoms. The number of hydrogen-bond acceptors (Lipinski definition) is 5. The minimum Gasteiger partial charge on any atom is -0.459 e. The standard InChI is InChI=1S/C20H18N2O4/c1-14-6-5-9-18-21-16(12-19(24)22(14)18)13-26-20(25)11-10-17(23)15-7-3-2-4-8-15/h2-9,12H,10-11,13H2,1H3. The van der Waals surface area contributed by atoms with Gasteiger partial charge in [0, 0.05) is 23.7 Å². The van der Waals surface area contributed by atoms with Crippen molar-refractivity contribution in [2.45, 2.75) is 26.4 Å². The Labute approximate surface area is 150 Å². The number of pyridine rings is 1. The molecule has 0 unspecified atom stereocenters. The topological polar surface area (TPSA) is 77.7 Å². The first kappa shape index (κ1) is 17.5. The lowest BCUT2D eigenvalue weighted by atomic mass is 10.1. The number of rotatable bonds is 6. The van der Waals surface area contributed by atoms with E-state index < -0.39 is 5.97 Å². The van der Waals surface area contributed by atoms with E-state index in [-0.39, 0.29) is 30.8 Å². The predicted molar refractivity (Wildman–Crippen MR) is 96.0 cm³/mol. The van der Waals surface area contributed by atoms with Gasteiger partial charge in [0.05, 0.1) is 12.1 Å². The van der Waals surface area contributed by atoms with Crippen molar-refractivity contribution < 1.29 is 14.3 Å². The van der Waals surface area contributed by atoms with Crippen LogP contribution >= 0.6 is 0 Å². The van der Waals surface area contributed by atoms with E-state index in [1.165, 1.54) is 10.5 Å². The van der Waals surface area contributed by atoms with Crippen LogP contribution in [-0.4, -0.2) is 21.1 Å². The van der Waals surface area contributed by atoms with Crippen LogP contribution in [0.1, 0.15) is 34.6 Å². The summed E-state index contributed by atoms with van der Waals surface area (Å²) in [5.74, 6) is -0.611. The van der Waals surface area contributed by atoms with Crippen LogP contribution in [0.3, 0.4) is 0 Å². The van der Waals surface area contributed by atoms with Gasteiger partial charge in [-0.3, -0.25) is 18.8 Å². The number of aryl methyl sites for hydroxylation is 1. The molecule has 3 aromatic rings. The second-order valence-corrected chi connectivity index (χ2v) is 5.90. The molecule has 0 aliphatic rings. The number of carbonyl (C=O) groups is 2. The van der Waals surface area contributed by atoms with Crippen LogP contribution in [0.4, 0.5) is 0 Å². The Hall–Kier alpha value is -3.28. The summed E-state index contributed by atoms with van der Waals surface area (Å²) >= 11 is 0. The Balaban J connectivity index is 1.59. The Morgan fingerprint density at radius 1 is 1.04 bits per heavy atom. The summed E-state index contributed by atoms with van der Waals surface area (Å²) in [6.07, 6.45) is 0.0647. The highest BCUT2D eigenvalue weighted by Crippen LogP contribution is 2.07. The number of aromatic nitrogens is 2. The first-order valence-corrected chi connectivity index (χ1v) is 8.27. The highest BCUT2D eigenvalue weighted by Gasteiger charge is 2.11. The molecule has 0 aliphatic carbocycles. The lowest BCUT2D eigenvalue weighted by Crippen LogP contribution is -2.18. The molecule has 2 heterocycles. The predicted octanol–water partition coefficient (Wildman–Crippen LogP) is 2.71. The second-order valence-electron chi connectivity index (χ2n) is 5.90. The van der Waals surface area contributed by atoms with Gasteiger partial charge in [0.25, 0.3) is 5.56 Å². The molecule has 0 fully saturated rings. The maximum atomic E-state index is 12.2. The van der Waals surface area contributed by atoms with Gasteiger partial charge < -0.3 is 4.74 Å². The molecule has 2 aromatic heterocycles. The van der Waals surface area contributed by atoms with Gasteiger partial charge in [-0.1, -0.05) is 36.4 Å². The van der Waals surface area contributed by atoms with Gasteiger partial charge in [-0.25, -0.2) is 4.98 Å². The molecule has 3 rings (SSSR count). The van der Waals surface area contributed by atoms with Crippen molar-refractivity contribution in [3.63, 3.8) is 0 Å². The van der Waals surface area contributed by atoms with E-state index >= 15 is 0 Å². The van der Waals surface area contributed by atoms with Crippen molar-refractivity contribution in [3.8, 4) is 0 Å². The number of carbonyl (C=O) groups excluding carboxylic acids is 2. The average Bonchev–Trinajstić information content (AvgIpc) is 2.65. The van der Waals surface area contributed by atoms with Gasteiger partial charge in [-0.05, 0) is 19.1 Å². The number of fused-ring (bicyclic) bond motifs is 1. The van der Waals surface area contributed by atoms with Gasteiger partial charge in [0.15, 0.2) is 5.78 Å². The first-order chi connectivity index (χ1) is 12.5. The molecule has 0 N–H and O–H groups in total. The highest BCUT2D eigenvalue weighted by atomic mass is 16.5. The monoisotopic (exact) mass is 350 g/mol. The first-order valence-electron chi connectivity index (χ1n) is 8.27. The maximum Gasteiger partial charge on any atom is 0.306 e. The van der Waals surface area contributed by atoms with Crippen LogP contribution in [0.25, 0.3) is 5.65 Å². The molecule has 0 radical (unpaired) electrons. The molecular weight excluding hydrogens is 332 g/mol. The van der Waals surface area contributed by atoms with Crippen LogP contribution < -0.4 is 5.56 Å². The molecular formula is C20H18N2O4. The summed E-state index contributed by atoms with van der Waals surface area (Å²) in [4.78, 5) is 40.4. The number of esters is 1. The fourth-order valence-corrected chi connectivity index (χ4v) is 2.65. The third kappa shape index (κ3) is 4.03. The fourth-order valence-electron chi connectivity index (χ4n) is 2.65. The van der Waals surface area contributed by atoms with Gasteiger partial charge in [-0.2, -0.15) is 0 Å². The van der Waals surface area contributed by atoms with E-state index in [4.69, 9.17) is 4.74 Å². The highest BCUT2D eigenvalue weighted by molar-refractivity contribution is 5.97. The van der Waals surface area contributed by atoms with Crippen LogP contribution in [-0.2, 0) is 16.1 Å². The molecule has 0 aliphatic heterocycles. The number of ketones is 1. The summed E-state index contributed by atoms with van der Waals surface area (Å²) in [6.45, 7) is 1.72. The van der Waals surface area contributed by atoms with Gasteiger partial charge in [-0.15, -0.1) is 0 Å².